The summed E-state index contributed by atoms with van der Waals surface area (Å²) in [6, 6.07) is 13.1. The third-order valence-electron chi connectivity index (χ3n) is 4.58. The van der Waals surface area contributed by atoms with Gasteiger partial charge in [0.05, 0.1) is 24.4 Å². The van der Waals surface area contributed by atoms with Crippen LogP contribution in [0.4, 0.5) is 0 Å². The monoisotopic (exact) mass is 475 g/mol. The van der Waals surface area contributed by atoms with Crippen LogP contribution in [-0.2, 0) is 4.79 Å². The lowest BCUT2D eigenvalue weighted by Crippen LogP contribution is -2.29. The summed E-state index contributed by atoms with van der Waals surface area (Å²) < 4.78 is 11.4. The van der Waals surface area contributed by atoms with Gasteiger partial charge in [0.2, 0.25) is 0 Å². The van der Waals surface area contributed by atoms with Crippen LogP contribution in [0.2, 0.25) is 5.02 Å². The molecule has 0 aromatic heterocycles. The van der Waals surface area contributed by atoms with Gasteiger partial charge in [0.1, 0.15) is 11.5 Å². The lowest BCUT2D eigenvalue weighted by molar-refractivity contribution is -0.123. The van der Waals surface area contributed by atoms with Gasteiger partial charge in [-0.05, 0) is 63.8 Å². The molecule has 0 N–H and O–H groups in total. The Balaban J connectivity index is 2.22. The molecule has 4 nitrogen and oxygen atoms in total. The van der Waals surface area contributed by atoms with E-state index in [1.54, 1.807) is 25.2 Å². The number of nitrogens with zero attached hydrogens (tertiary/aromatic N) is 1. The average Bonchev–Trinajstić information content (AvgIpc) is 2.92. The van der Waals surface area contributed by atoms with Crippen LogP contribution in [0.25, 0.3) is 11.6 Å². The average molecular weight is 477 g/mol. The molecule has 1 heterocycles. The van der Waals surface area contributed by atoms with Crippen molar-refractivity contribution in [1.82, 2.24) is 4.90 Å². The van der Waals surface area contributed by atoms with Crippen molar-refractivity contribution < 1.29 is 14.3 Å². The highest BCUT2D eigenvalue weighted by molar-refractivity contribution is 9.12. The molecule has 0 saturated heterocycles. The largest absolute Gasteiger partial charge is 0.497 e. The number of benzene rings is 2. The third kappa shape index (κ3) is 4.51. The molecule has 2 aromatic carbocycles. The second-order valence-electron chi connectivity index (χ2n) is 7.15. The van der Waals surface area contributed by atoms with E-state index in [0.717, 1.165) is 28.1 Å². The molecule has 1 aliphatic heterocycles. The zero-order valence-electron chi connectivity index (χ0n) is 16.8. The Bertz CT molecular complexity index is 997. The fraction of sp³-hybridized carbons (Fsp3) is 0.261. The SMILES string of the molecule is COc1cccc(/C=C2\C(c3cc(Cl)ccc3OC)=C(Br)C(=O)N2CC(C)C)c1. The summed E-state index contributed by atoms with van der Waals surface area (Å²) in [7, 11) is 3.24. The normalized spacial score (nSPS) is 15.6. The first-order valence-electron chi connectivity index (χ1n) is 9.27. The van der Waals surface area contributed by atoms with Crippen LogP contribution in [0.15, 0.2) is 52.6 Å². The van der Waals surface area contributed by atoms with E-state index in [-0.39, 0.29) is 5.91 Å². The Kier molecular flexibility index (Phi) is 6.70. The highest BCUT2D eigenvalue weighted by atomic mass is 79.9. The summed E-state index contributed by atoms with van der Waals surface area (Å²) in [5.74, 6) is 1.62. The van der Waals surface area contributed by atoms with Gasteiger partial charge >= 0.3 is 0 Å². The topological polar surface area (TPSA) is 38.8 Å². The van der Waals surface area contributed by atoms with Crippen molar-refractivity contribution in [1.29, 1.82) is 0 Å². The van der Waals surface area contributed by atoms with Gasteiger partial charge in [0.25, 0.3) is 5.91 Å². The number of hydrogen-bond donors (Lipinski definition) is 0. The summed E-state index contributed by atoms with van der Waals surface area (Å²) >= 11 is 9.81. The van der Waals surface area contributed by atoms with Crippen molar-refractivity contribution in [2.24, 2.45) is 5.92 Å². The van der Waals surface area contributed by atoms with Gasteiger partial charge in [0, 0.05) is 22.7 Å². The van der Waals surface area contributed by atoms with E-state index in [9.17, 15) is 4.79 Å². The molecule has 0 fully saturated rings. The van der Waals surface area contributed by atoms with Crippen LogP contribution in [0.3, 0.4) is 0 Å². The highest BCUT2D eigenvalue weighted by Gasteiger charge is 2.36. The first-order chi connectivity index (χ1) is 13.8. The predicted molar refractivity (Wildman–Crippen MR) is 121 cm³/mol. The minimum absolute atomic E-state index is 0.0788. The minimum atomic E-state index is -0.0788. The van der Waals surface area contributed by atoms with Crippen molar-refractivity contribution in [3.63, 3.8) is 0 Å². The maximum Gasteiger partial charge on any atom is 0.266 e. The summed E-state index contributed by atoms with van der Waals surface area (Å²) in [6.45, 7) is 4.76. The molecule has 0 atom stereocenters. The Labute approximate surface area is 184 Å². The van der Waals surface area contributed by atoms with E-state index in [0.29, 0.717) is 27.7 Å². The molecule has 1 aliphatic rings. The summed E-state index contributed by atoms with van der Waals surface area (Å²) in [4.78, 5) is 14.9. The van der Waals surface area contributed by atoms with Crippen molar-refractivity contribution >= 4 is 45.1 Å². The number of amides is 1. The number of hydrogen-bond acceptors (Lipinski definition) is 3. The van der Waals surface area contributed by atoms with E-state index >= 15 is 0 Å². The Hall–Kier alpha value is -2.24. The van der Waals surface area contributed by atoms with Gasteiger partial charge in [-0.15, -0.1) is 0 Å². The van der Waals surface area contributed by atoms with E-state index < -0.39 is 0 Å². The van der Waals surface area contributed by atoms with Crippen molar-refractivity contribution in [3.8, 4) is 11.5 Å². The lowest BCUT2D eigenvalue weighted by Gasteiger charge is -2.23. The van der Waals surface area contributed by atoms with E-state index in [1.807, 2.05) is 42.5 Å². The van der Waals surface area contributed by atoms with Crippen LogP contribution in [0, 0.1) is 5.92 Å². The Morgan fingerprint density at radius 2 is 1.90 bits per heavy atom. The van der Waals surface area contributed by atoms with Crippen molar-refractivity contribution in [2.45, 2.75) is 13.8 Å². The molecule has 6 heteroatoms. The molecule has 0 unspecified atom stereocenters. The maximum absolute atomic E-state index is 13.1. The number of allylic oxidation sites excluding steroid dienone is 1. The number of ether oxygens (including phenoxy) is 2. The van der Waals surface area contributed by atoms with E-state index in [1.165, 1.54) is 0 Å². The van der Waals surface area contributed by atoms with Gasteiger partial charge in [0.15, 0.2) is 0 Å². The summed E-state index contributed by atoms with van der Waals surface area (Å²) in [5.41, 5.74) is 3.25. The van der Waals surface area contributed by atoms with Gasteiger partial charge in [-0.25, -0.2) is 0 Å². The van der Waals surface area contributed by atoms with Gasteiger partial charge < -0.3 is 14.4 Å². The number of rotatable bonds is 6. The first-order valence-corrected chi connectivity index (χ1v) is 10.4. The van der Waals surface area contributed by atoms with Crippen LogP contribution < -0.4 is 9.47 Å². The molecule has 3 rings (SSSR count). The van der Waals surface area contributed by atoms with Crippen LogP contribution in [0.1, 0.15) is 25.0 Å². The maximum atomic E-state index is 13.1. The summed E-state index contributed by atoms with van der Waals surface area (Å²) in [5, 5.41) is 0.573. The van der Waals surface area contributed by atoms with Gasteiger partial charge in [-0.2, -0.15) is 0 Å². The van der Waals surface area contributed by atoms with Crippen molar-refractivity contribution in [2.75, 3.05) is 20.8 Å². The molecule has 1 amide bonds. The number of carbonyl (C=O) groups is 1. The molecule has 0 radical (unpaired) electrons. The molecule has 0 saturated carbocycles. The Morgan fingerprint density at radius 3 is 2.55 bits per heavy atom. The molecular weight excluding hydrogens is 454 g/mol. The molecule has 0 bridgehead atoms. The fourth-order valence-electron chi connectivity index (χ4n) is 3.30. The molecule has 152 valence electrons. The summed E-state index contributed by atoms with van der Waals surface area (Å²) in [6.07, 6.45) is 1.99. The van der Waals surface area contributed by atoms with Crippen LogP contribution in [0.5, 0.6) is 11.5 Å². The number of halogens is 2. The highest BCUT2D eigenvalue weighted by Crippen LogP contribution is 2.44. The second kappa shape index (κ2) is 9.06. The van der Waals surface area contributed by atoms with Crippen LogP contribution in [-0.4, -0.2) is 31.6 Å². The number of carbonyl (C=O) groups excluding carboxylic acids is 1. The van der Waals surface area contributed by atoms with Gasteiger partial charge in [-0.1, -0.05) is 37.6 Å². The van der Waals surface area contributed by atoms with Crippen LogP contribution >= 0.6 is 27.5 Å². The molecule has 0 aliphatic carbocycles. The minimum Gasteiger partial charge on any atom is -0.497 e. The molecule has 29 heavy (non-hydrogen) atoms. The quantitative estimate of drug-likeness (QED) is 0.513. The predicted octanol–water partition coefficient (Wildman–Crippen LogP) is 6.00. The zero-order chi connectivity index (χ0) is 21.1. The smallest absolute Gasteiger partial charge is 0.266 e. The van der Waals surface area contributed by atoms with Gasteiger partial charge in [-0.3, -0.25) is 4.79 Å². The van der Waals surface area contributed by atoms with E-state index in [2.05, 4.69) is 29.8 Å². The standard InChI is InChI=1S/C23H23BrClNO3/c1-14(2)13-26-19(11-15-6-5-7-17(10-15)28-3)21(22(24)23(26)27)18-12-16(25)8-9-20(18)29-4/h5-12,14H,13H2,1-4H3/b19-11+. The Morgan fingerprint density at radius 1 is 1.14 bits per heavy atom. The first kappa shape index (κ1) is 21.5. The second-order valence-corrected chi connectivity index (χ2v) is 8.38. The fourth-order valence-corrected chi connectivity index (χ4v) is 4.10. The van der Waals surface area contributed by atoms with E-state index in [4.69, 9.17) is 21.1 Å². The third-order valence-corrected chi connectivity index (χ3v) is 5.55. The molecule has 0 spiro atoms. The zero-order valence-corrected chi connectivity index (χ0v) is 19.2. The molecular formula is C23H23BrClNO3. The molecule has 2 aromatic rings. The lowest BCUT2D eigenvalue weighted by atomic mass is 10.0. The van der Waals surface area contributed by atoms with Crippen molar-refractivity contribution in [3.05, 3.63) is 68.8 Å². The number of methoxy groups -OCH3 is 2.